The van der Waals surface area contributed by atoms with Gasteiger partial charge in [-0.15, -0.1) is 0 Å². The van der Waals surface area contributed by atoms with E-state index >= 15 is 0 Å². The molecule has 0 radical (unpaired) electrons. The number of hydrogen-bond donors (Lipinski definition) is 0. The van der Waals surface area contributed by atoms with Gasteiger partial charge in [-0.3, -0.25) is 4.79 Å². The van der Waals surface area contributed by atoms with Crippen LogP contribution < -0.4 is 0 Å². The van der Waals surface area contributed by atoms with Gasteiger partial charge in [-0.05, 0) is 5.57 Å². The van der Waals surface area contributed by atoms with Crippen LogP contribution in [0.15, 0.2) is 60.3 Å². The molecule has 1 unspecified atom stereocenters. The maximum atomic E-state index is 11.3. The van der Waals surface area contributed by atoms with Gasteiger partial charge in [-0.2, -0.15) is 0 Å². The summed E-state index contributed by atoms with van der Waals surface area (Å²) in [6.07, 6.45) is 15.3. The number of carbonyl (C=O) groups is 1. The fourth-order valence-corrected chi connectivity index (χ4v) is 1.99. The molecule has 0 aliphatic heterocycles. The predicted molar refractivity (Wildman–Crippen MR) is 62.4 cm³/mol. The summed E-state index contributed by atoms with van der Waals surface area (Å²) in [7, 11) is 0. The summed E-state index contributed by atoms with van der Waals surface area (Å²) in [5.74, 6) is 0.533. The molecule has 0 amide bonds. The smallest absolute Gasteiger partial charge is 0.137 e. The molecular weight excluding hydrogens is 184 g/mol. The quantitative estimate of drug-likeness (QED) is 0.591. The summed E-state index contributed by atoms with van der Waals surface area (Å²) < 4.78 is 0. The summed E-state index contributed by atoms with van der Waals surface area (Å²) in [5, 5.41) is 0. The van der Waals surface area contributed by atoms with Crippen LogP contribution in [0.25, 0.3) is 0 Å². The highest BCUT2D eigenvalue weighted by Gasteiger charge is 2.27. The molecule has 15 heavy (non-hydrogen) atoms. The van der Waals surface area contributed by atoms with E-state index in [1.807, 2.05) is 30.4 Å². The molecule has 2 aliphatic carbocycles. The van der Waals surface area contributed by atoms with Crippen molar-refractivity contribution in [3.05, 3.63) is 60.3 Å². The Morgan fingerprint density at radius 2 is 1.87 bits per heavy atom. The molecule has 0 bridgehead atoms. The largest absolute Gasteiger partial charge is 0.299 e. The Morgan fingerprint density at radius 1 is 1.13 bits per heavy atom. The number of ketones is 1. The van der Waals surface area contributed by atoms with Crippen LogP contribution in [-0.4, -0.2) is 5.78 Å². The first-order chi connectivity index (χ1) is 7.27. The van der Waals surface area contributed by atoms with Gasteiger partial charge in [0, 0.05) is 18.8 Å². The lowest BCUT2D eigenvalue weighted by Crippen LogP contribution is -1.99. The Kier molecular flexibility index (Phi) is 2.82. The molecule has 0 aromatic rings. The molecule has 0 N–H and O–H groups in total. The summed E-state index contributed by atoms with van der Waals surface area (Å²) in [5.41, 5.74) is 2.24. The number of hydrogen-bond acceptors (Lipinski definition) is 1. The summed E-state index contributed by atoms with van der Waals surface area (Å²) >= 11 is 0. The fourth-order valence-electron chi connectivity index (χ4n) is 1.99. The van der Waals surface area contributed by atoms with Crippen LogP contribution in [0.2, 0.25) is 0 Å². The molecule has 0 heterocycles. The number of allylic oxidation sites excluding steroid dienone is 9. The lowest BCUT2D eigenvalue weighted by Gasteiger charge is -2.11. The maximum absolute atomic E-state index is 11.3. The van der Waals surface area contributed by atoms with Crippen molar-refractivity contribution in [3.63, 3.8) is 0 Å². The Bertz CT molecular complexity index is 405. The summed E-state index contributed by atoms with van der Waals surface area (Å²) in [6.45, 7) is 3.98. The highest BCUT2D eigenvalue weighted by atomic mass is 16.1. The number of Topliss-reactive ketones (excluding diaryl/α,β-unsaturated/α-hetero) is 1. The average Bonchev–Trinajstić information content (AvgIpc) is 2.45. The van der Waals surface area contributed by atoms with Crippen LogP contribution in [0.4, 0.5) is 0 Å². The van der Waals surface area contributed by atoms with Gasteiger partial charge in [-0.1, -0.05) is 54.7 Å². The van der Waals surface area contributed by atoms with E-state index in [4.69, 9.17) is 0 Å². The Hall–Kier alpha value is -1.63. The Balaban J connectivity index is 2.23. The zero-order valence-corrected chi connectivity index (χ0v) is 8.65. The van der Waals surface area contributed by atoms with Crippen molar-refractivity contribution in [1.29, 1.82) is 0 Å². The standard InChI is InChI=1S/C14H14O/c1-11-9-13(15)10-14(11)12-7-5-3-2-4-6-8-12/h2-8,14H,1,9-10H2. The zero-order valence-electron chi connectivity index (χ0n) is 8.65. The van der Waals surface area contributed by atoms with Crippen molar-refractivity contribution in [2.75, 3.05) is 0 Å². The predicted octanol–water partition coefficient (Wildman–Crippen LogP) is 3.13. The van der Waals surface area contributed by atoms with E-state index in [1.54, 1.807) is 0 Å². The highest BCUT2D eigenvalue weighted by Crippen LogP contribution is 2.33. The minimum atomic E-state index is 0.227. The van der Waals surface area contributed by atoms with E-state index in [0.717, 1.165) is 5.57 Å². The number of carbonyl (C=O) groups excluding carboxylic acids is 1. The van der Waals surface area contributed by atoms with Crippen LogP contribution in [0.5, 0.6) is 0 Å². The van der Waals surface area contributed by atoms with Gasteiger partial charge in [0.1, 0.15) is 5.78 Å². The highest BCUT2D eigenvalue weighted by molar-refractivity contribution is 5.85. The van der Waals surface area contributed by atoms with Gasteiger partial charge in [0.2, 0.25) is 0 Å². The van der Waals surface area contributed by atoms with Crippen molar-refractivity contribution >= 4 is 5.78 Å². The minimum absolute atomic E-state index is 0.227. The zero-order chi connectivity index (χ0) is 10.7. The SMILES string of the molecule is C=C1CC(=O)CC1C1=CC=CC=CC=C1. The third-order valence-corrected chi connectivity index (χ3v) is 2.77. The van der Waals surface area contributed by atoms with Gasteiger partial charge < -0.3 is 0 Å². The summed E-state index contributed by atoms with van der Waals surface area (Å²) in [4.78, 5) is 11.3. The third-order valence-electron chi connectivity index (χ3n) is 2.77. The number of rotatable bonds is 1. The minimum Gasteiger partial charge on any atom is -0.299 e. The van der Waals surface area contributed by atoms with Gasteiger partial charge in [-0.25, -0.2) is 0 Å². The van der Waals surface area contributed by atoms with Gasteiger partial charge >= 0.3 is 0 Å². The second kappa shape index (κ2) is 4.26. The average molecular weight is 198 g/mol. The van der Waals surface area contributed by atoms with Crippen LogP contribution in [-0.2, 0) is 4.79 Å². The molecule has 1 atom stereocenters. The first-order valence-electron chi connectivity index (χ1n) is 5.18. The van der Waals surface area contributed by atoms with Crippen LogP contribution >= 0.6 is 0 Å². The third kappa shape index (κ3) is 2.24. The van der Waals surface area contributed by atoms with E-state index in [9.17, 15) is 4.79 Å². The van der Waals surface area contributed by atoms with Gasteiger partial charge in [0.05, 0.1) is 0 Å². The van der Waals surface area contributed by atoms with E-state index < -0.39 is 0 Å². The molecule has 2 aliphatic rings. The molecule has 1 fully saturated rings. The molecule has 0 saturated heterocycles. The van der Waals surface area contributed by atoms with Crippen molar-refractivity contribution in [3.8, 4) is 0 Å². The Labute approximate surface area is 90.2 Å². The second-order valence-corrected chi connectivity index (χ2v) is 3.93. The van der Waals surface area contributed by atoms with Crippen LogP contribution in [0, 0.1) is 5.92 Å². The molecule has 0 aromatic carbocycles. The second-order valence-electron chi connectivity index (χ2n) is 3.93. The van der Waals surface area contributed by atoms with Gasteiger partial charge in [0.25, 0.3) is 0 Å². The first kappa shape index (κ1) is 9.91. The van der Waals surface area contributed by atoms with Crippen molar-refractivity contribution in [2.24, 2.45) is 5.92 Å². The van der Waals surface area contributed by atoms with Crippen LogP contribution in [0.1, 0.15) is 12.8 Å². The molecule has 2 rings (SSSR count). The van der Waals surface area contributed by atoms with Crippen molar-refractivity contribution in [2.45, 2.75) is 12.8 Å². The summed E-state index contributed by atoms with van der Waals surface area (Å²) in [6, 6.07) is 0. The molecule has 1 saturated carbocycles. The lowest BCUT2D eigenvalue weighted by atomic mass is 9.93. The van der Waals surface area contributed by atoms with E-state index in [1.165, 1.54) is 5.57 Å². The van der Waals surface area contributed by atoms with Crippen molar-refractivity contribution < 1.29 is 4.79 Å². The molecule has 1 nitrogen and oxygen atoms in total. The van der Waals surface area contributed by atoms with E-state index in [2.05, 4.69) is 18.7 Å². The van der Waals surface area contributed by atoms with Crippen molar-refractivity contribution in [1.82, 2.24) is 0 Å². The van der Waals surface area contributed by atoms with E-state index in [0.29, 0.717) is 18.6 Å². The maximum Gasteiger partial charge on any atom is 0.137 e. The van der Waals surface area contributed by atoms with E-state index in [-0.39, 0.29) is 5.92 Å². The normalized spacial score (nSPS) is 25.3. The topological polar surface area (TPSA) is 17.1 Å². The molecular formula is C14H14O. The molecule has 0 spiro atoms. The molecule has 0 aromatic heterocycles. The lowest BCUT2D eigenvalue weighted by molar-refractivity contribution is -0.117. The van der Waals surface area contributed by atoms with Gasteiger partial charge in [0.15, 0.2) is 0 Å². The monoisotopic (exact) mass is 198 g/mol. The molecule has 76 valence electrons. The van der Waals surface area contributed by atoms with Crippen LogP contribution in [0.3, 0.4) is 0 Å². The first-order valence-corrected chi connectivity index (χ1v) is 5.18. The Morgan fingerprint density at radius 3 is 2.60 bits per heavy atom. The fraction of sp³-hybridized carbons (Fsp3) is 0.214. The molecule has 1 heteroatoms.